The lowest BCUT2D eigenvalue weighted by molar-refractivity contribution is -0.148. The minimum atomic E-state index is -0.800. The number of nitrogens with zero attached hydrogens (tertiary/aromatic N) is 1. The number of carboxylic acid groups (broad SMARTS) is 1. The van der Waals surface area contributed by atoms with Gasteiger partial charge in [-0.05, 0) is 37.3 Å². The summed E-state index contributed by atoms with van der Waals surface area (Å²) in [6.07, 6.45) is 2.34. The maximum absolute atomic E-state index is 12.3. The number of carbonyl (C=O) groups is 3. The highest BCUT2D eigenvalue weighted by molar-refractivity contribution is 5.94. The molecule has 0 spiro atoms. The average Bonchev–Trinajstić information content (AvgIpc) is 3.44. The largest absolute Gasteiger partial charge is 0.484 e. The van der Waals surface area contributed by atoms with E-state index in [1.165, 1.54) is 0 Å². The molecule has 1 aliphatic carbocycles. The minimum Gasteiger partial charge on any atom is -0.484 e. The van der Waals surface area contributed by atoms with E-state index in [9.17, 15) is 14.4 Å². The molecule has 2 atom stereocenters. The molecule has 2 fully saturated rings. The summed E-state index contributed by atoms with van der Waals surface area (Å²) in [4.78, 5) is 37.0. The van der Waals surface area contributed by atoms with Crippen molar-refractivity contribution >= 4 is 23.5 Å². The van der Waals surface area contributed by atoms with E-state index in [0.29, 0.717) is 30.9 Å². The van der Waals surface area contributed by atoms with Crippen LogP contribution in [0.5, 0.6) is 5.75 Å². The van der Waals surface area contributed by atoms with Gasteiger partial charge in [-0.1, -0.05) is 13.0 Å². The summed E-state index contributed by atoms with van der Waals surface area (Å²) in [5, 5.41) is 12.0. The van der Waals surface area contributed by atoms with Crippen LogP contribution < -0.4 is 10.1 Å². The zero-order chi connectivity index (χ0) is 18.7. The van der Waals surface area contributed by atoms with Gasteiger partial charge in [0, 0.05) is 30.8 Å². The molecule has 0 radical (unpaired) electrons. The summed E-state index contributed by atoms with van der Waals surface area (Å²) in [6.45, 7) is 2.60. The maximum Gasteiger partial charge on any atom is 0.306 e. The molecule has 1 heterocycles. The molecule has 3 rings (SSSR count). The third-order valence-corrected chi connectivity index (χ3v) is 4.99. The van der Waals surface area contributed by atoms with E-state index in [1.54, 1.807) is 29.2 Å². The van der Waals surface area contributed by atoms with Crippen LogP contribution in [0, 0.1) is 17.8 Å². The van der Waals surface area contributed by atoms with Gasteiger partial charge in [-0.15, -0.1) is 0 Å². The standard InChI is InChI=1S/C19H24N2O5/c1-12-10-21(8-7-16(12)19(24)25)17(22)11-26-15-4-2-3-14(9-15)20-18(23)13-5-6-13/h2-4,9,12-13,16H,5-8,10-11H2,1H3,(H,20,23)(H,24,25). The molecule has 1 saturated carbocycles. The number of hydrogen-bond donors (Lipinski definition) is 2. The van der Waals surface area contributed by atoms with Gasteiger partial charge in [0.05, 0.1) is 5.92 Å². The quantitative estimate of drug-likeness (QED) is 0.809. The number of nitrogens with one attached hydrogen (secondary N) is 1. The summed E-state index contributed by atoms with van der Waals surface area (Å²) in [6, 6.07) is 6.99. The van der Waals surface area contributed by atoms with Crippen molar-refractivity contribution in [1.82, 2.24) is 4.90 Å². The van der Waals surface area contributed by atoms with Crippen molar-refractivity contribution in [3.05, 3.63) is 24.3 Å². The number of benzene rings is 1. The van der Waals surface area contributed by atoms with Gasteiger partial charge in [0.1, 0.15) is 5.75 Å². The van der Waals surface area contributed by atoms with Crippen LogP contribution in [0.1, 0.15) is 26.2 Å². The fraction of sp³-hybridized carbons (Fsp3) is 0.526. The Morgan fingerprint density at radius 1 is 1.27 bits per heavy atom. The number of likely N-dealkylation sites (tertiary alicyclic amines) is 1. The molecule has 140 valence electrons. The van der Waals surface area contributed by atoms with E-state index in [4.69, 9.17) is 9.84 Å². The van der Waals surface area contributed by atoms with Gasteiger partial charge in [-0.3, -0.25) is 14.4 Å². The van der Waals surface area contributed by atoms with Crippen LogP contribution in [-0.4, -0.2) is 47.5 Å². The number of hydrogen-bond acceptors (Lipinski definition) is 4. The van der Waals surface area contributed by atoms with Crippen LogP contribution in [0.15, 0.2) is 24.3 Å². The van der Waals surface area contributed by atoms with Gasteiger partial charge in [0.15, 0.2) is 6.61 Å². The fourth-order valence-electron chi connectivity index (χ4n) is 3.23. The van der Waals surface area contributed by atoms with Crippen LogP contribution in [-0.2, 0) is 14.4 Å². The first-order valence-electron chi connectivity index (χ1n) is 8.98. The number of aliphatic carboxylic acids is 1. The van der Waals surface area contributed by atoms with E-state index in [-0.39, 0.29) is 30.3 Å². The Balaban J connectivity index is 1.50. The Labute approximate surface area is 152 Å². The monoisotopic (exact) mass is 360 g/mol. The highest BCUT2D eigenvalue weighted by Crippen LogP contribution is 2.30. The number of carboxylic acids is 1. The Morgan fingerprint density at radius 2 is 2.04 bits per heavy atom. The summed E-state index contributed by atoms with van der Waals surface area (Å²) in [5.41, 5.74) is 0.655. The van der Waals surface area contributed by atoms with Crippen molar-refractivity contribution in [2.24, 2.45) is 17.8 Å². The third kappa shape index (κ3) is 4.53. The summed E-state index contributed by atoms with van der Waals surface area (Å²) < 4.78 is 5.57. The maximum atomic E-state index is 12.3. The predicted octanol–water partition coefficient (Wildman–Crippen LogP) is 1.98. The van der Waals surface area contributed by atoms with E-state index < -0.39 is 11.9 Å². The lowest BCUT2D eigenvalue weighted by Crippen LogP contribution is -2.46. The fourth-order valence-corrected chi connectivity index (χ4v) is 3.23. The molecular formula is C19H24N2O5. The van der Waals surface area contributed by atoms with Gasteiger partial charge in [0.2, 0.25) is 5.91 Å². The SMILES string of the molecule is CC1CN(C(=O)COc2cccc(NC(=O)C3CC3)c2)CCC1C(=O)O. The molecule has 1 aromatic rings. The smallest absolute Gasteiger partial charge is 0.306 e. The van der Waals surface area contributed by atoms with Gasteiger partial charge in [-0.2, -0.15) is 0 Å². The van der Waals surface area contributed by atoms with Gasteiger partial charge in [0.25, 0.3) is 5.91 Å². The predicted molar refractivity (Wildman–Crippen MR) is 94.8 cm³/mol. The number of piperidine rings is 1. The van der Waals surface area contributed by atoms with Crippen LogP contribution >= 0.6 is 0 Å². The summed E-state index contributed by atoms with van der Waals surface area (Å²) in [7, 11) is 0. The summed E-state index contributed by atoms with van der Waals surface area (Å²) in [5.74, 6) is -0.775. The second kappa shape index (κ2) is 7.76. The molecule has 1 aliphatic heterocycles. The van der Waals surface area contributed by atoms with Crippen LogP contribution in [0.25, 0.3) is 0 Å². The molecule has 2 amide bonds. The summed E-state index contributed by atoms with van der Waals surface area (Å²) >= 11 is 0. The van der Waals surface area contributed by atoms with Gasteiger partial charge >= 0.3 is 5.97 Å². The van der Waals surface area contributed by atoms with E-state index in [2.05, 4.69) is 5.32 Å². The van der Waals surface area contributed by atoms with Crippen molar-refractivity contribution in [2.45, 2.75) is 26.2 Å². The zero-order valence-corrected chi connectivity index (χ0v) is 14.8. The van der Waals surface area contributed by atoms with Crippen molar-refractivity contribution in [2.75, 3.05) is 25.0 Å². The second-order valence-corrected chi connectivity index (χ2v) is 7.13. The van der Waals surface area contributed by atoms with E-state index >= 15 is 0 Å². The zero-order valence-electron chi connectivity index (χ0n) is 14.8. The number of carbonyl (C=O) groups excluding carboxylic acids is 2. The molecule has 7 nitrogen and oxygen atoms in total. The Kier molecular flexibility index (Phi) is 5.44. The van der Waals surface area contributed by atoms with Crippen LogP contribution in [0.2, 0.25) is 0 Å². The third-order valence-electron chi connectivity index (χ3n) is 4.99. The normalized spacial score (nSPS) is 22.6. The number of rotatable bonds is 6. The number of amides is 2. The van der Waals surface area contributed by atoms with E-state index in [0.717, 1.165) is 12.8 Å². The first-order valence-corrected chi connectivity index (χ1v) is 8.98. The van der Waals surface area contributed by atoms with Crippen molar-refractivity contribution in [3.8, 4) is 5.75 Å². The van der Waals surface area contributed by atoms with Gasteiger partial charge < -0.3 is 20.1 Å². The second-order valence-electron chi connectivity index (χ2n) is 7.13. The molecule has 0 aromatic heterocycles. The molecule has 2 aliphatic rings. The number of anilines is 1. The van der Waals surface area contributed by atoms with Crippen molar-refractivity contribution in [3.63, 3.8) is 0 Å². The molecular weight excluding hydrogens is 336 g/mol. The minimum absolute atomic E-state index is 0.0218. The topological polar surface area (TPSA) is 95.9 Å². The van der Waals surface area contributed by atoms with Gasteiger partial charge in [-0.25, -0.2) is 0 Å². The highest BCUT2D eigenvalue weighted by Gasteiger charge is 2.33. The highest BCUT2D eigenvalue weighted by atomic mass is 16.5. The lowest BCUT2D eigenvalue weighted by atomic mass is 9.87. The molecule has 26 heavy (non-hydrogen) atoms. The average molecular weight is 360 g/mol. The molecule has 1 aromatic carbocycles. The van der Waals surface area contributed by atoms with E-state index in [1.807, 2.05) is 6.92 Å². The van der Waals surface area contributed by atoms with Crippen LogP contribution in [0.3, 0.4) is 0 Å². The van der Waals surface area contributed by atoms with Crippen molar-refractivity contribution < 1.29 is 24.2 Å². The molecule has 2 unspecified atom stereocenters. The Bertz CT molecular complexity index is 701. The first kappa shape index (κ1) is 18.2. The molecule has 0 bridgehead atoms. The molecule has 1 saturated heterocycles. The first-order chi connectivity index (χ1) is 12.4. The molecule has 2 N–H and O–H groups in total. The Morgan fingerprint density at radius 3 is 2.69 bits per heavy atom. The number of ether oxygens (including phenoxy) is 1. The molecule has 7 heteroatoms. The lowest BCUT2D eigenvalue weighted by Gasteiger charge is -2.34. The van der Waals surface area contributed by atoms with Crippen LogP contribution in [0.4, 0.5) is 5.69 Å². The Hall–Kier alpha value is -2.57. The van der Waals surface area contributed by atoms with Crippen molar-refractivity contribution in [1.29, 1.82) is 0 Å².